The fraction of sp³-hybridized carbons (Fsp3) is 0.143. The molecule has 0 aliphatic rings. The molecule has 2 rings (SSSR count). The highest BCUT2D eigenvalue weighted by Gasteiger charge is 2.23. The number of sulfonamides is 1. The lowest BCUT2D eigenvalue weighted by Crippen LogP contribution is -2.27. The van der Waals surface area contributed by atoms with Crippen molar-refractivity contribution in [1.82, 2.24) is 0 Å². The van der Waals surface area contributed by atoms with Crippen molar-refractivity contribution in [3.8, 4) is 0 Å². The molecule has 0 spiro atoms. The average Bonchev–Trinajstić information content (AvgIpc) is 2.46. The Morgan fingerprint density at radius 3 is 2.23 bits per heavy atom. The van der Waals surface area contributed by atoms with Gasteiger partial charge in [-0.3, -0.25) is 14.4 Å². The molecule has 0 amide bonds. The maximum absolute atomic E-state index is 12.6. The molecule has 116 valence electrons. The van der Waals surface area contributed by atoms with E-state index in [-0.39, 0.29) is 10.6 Å². The predicted octanol–water partition coefficient (Wildman–Crippen LogP) is 3.38. The third-order valence-electron chi connectivity index (χ3n) is 3.20. The summed E-state index contributed by atoms with van der Waals surface area (Å²) < 4.78 is 26.2. The number of halogens is 1. The zero-order valence-electron chi connectivity index (χ0n) is 11.9. The lowest BCUT2D eigenvalue weighted by Gasteiger charge is -2.21. The number of nitro groups is 1. The summed E-state index contributed by atoms with van der Waals surface area (Å²) >= 11 is 5.76. The Kier molecular flexibility index (Phi) is 4.39. The summed E-state index contributed by atoms with van der Waals surface area (Å²) in [6.45, 7) is 1.62. The van der Waals surface area contributed by atoms with E-state index in [2.05, 4.69) is 0 Å². The minimum Gasteiger partial charge on any atom is -0.269 e. The van der Waals surface area contributed by atoms with Crippen LogP contribution in [0.3, 0.4) is 0 Å². The Morgan fingerprint density at radius 2 is 1.73 bits per heavy atom. The van der Waals surface area contributed by atoms with Crippen LogP contribution >= 0.6 is 11.6 Å². The molecular formula is C14H13ClN2O4S. The third kappa shape index (κ3) is 3.05. The van der Waals surface area contributed by atoms with Gasteiger partial charge < -0.3 is 0 Å². The van der Waals surface area contributed by atoms with E-state index in [0.717, 1.165) is 4.31 Å². The summed E-state index contributed by atoms with van der Waals surface area (Å²) in [4.78, 5) is 10.3. The van der Waals surface area contributed by atoms with Crippen LogP contribution in [0.4, 0.5) is 11.4 Å². The number of aryl methyl sites for hydroxylation is 1. The summed E-state index contributed by atoms with van der Waals surface area (Å²) in [5.74, 6) is 0. The smallest absolute Gasteiger partial charge is 0.269 e. The van der Waals surface area contributed by atoms with Gasteiger partial charge in [0.1, 0.15) is 0 Å². The average molecular weight is 341 g/mol. The monoisotopic (exact) mass is 340 g/mol. The van der Waals surface area contributed by atoms with Gasteiger partial charge in [-0.1, -0.05) is 11.6 Å². The fourth-order valence-electron chi connectivity index (χ4n) is 2.00. The van der Waals surface area contributed by atoms with Crippen LogP contribution in [0.5, 0.6) is 0 Å². The molecule has 0 saturated carbocycles. The SMILES string of the molecule is Cc1cc([N+](=O)[O-])ccc1N(C)S(=O)(=O)c1ccc(Cl)cc1. The number of nitrogens with zero attached hydrogens (tertiary/aromatic N) is 2. The van der Waals surface area contributed by atoms with Gasteiger partial charge in [-0.2, -0.15) is 0 Å². The fourth-order valence-corrected chi connectivity index (χ4v) is 3.39. The number of anilines is 1. The first-order chi connectivity index (χ1) is 10.2. The van der Waals surface area contributed by atoms with Gasteiger partial charge in [0.25, 0.3) is 15.7 Å². The first kappa shape index (κ1) is 16.3. The minimum absolute atomic E-state index is 0.0847. The molecule has 2 aromatic carbocycles. The van der Waals surface area contributed by atoms with Crippen molar-refractivity contribution in [2.45, 2.75) is 11.8 Å². The quantitative estimate of drug-likeness (QED) is 0.631. The minimum atomic E-state index is -3.76. The number of rotatable bonds is 4. The lowest BCUT2D eigenvalue weighted by molar-refractivity contribution is -0.384. The molecule has 0 aromatic heterocycles. The molecule has 0 fully saturated rings. The Labute approximate surface area is 133 Å². The molecule has 0 unspecified atom stereocenters. The van der Waals surface area contributed by atoms with Crippen molar-refractivity contribution in [1.29, 1.82) is 0 Å². The zero-order chi connectivity index (χ0) is 16.5. The Bertz CT molecular complexity index is 819. The second-order valence-electron chi connectivity index (χ2n) is 4.65. The van der Waals surface area contributed by atoms with E-state index in [1.54, 1.807) is 6.92 Å². The number of nitro benzene ring substituents is 1. The zero-order valence-corrected chi connectivity index (χ0v) is 13.4. The largest absolute Gasteiger partial charge is 0.269 e. The van der Waals surface area contributed by atoms with Crippen LogP contribution in [0.25, 0.3) is 0 Å². The molecule has 0 N–H and O–H groups in total. The molecule has 0 bridgehead atoms. The van der Waals surface area contributed by atoms with Crippen LogP contribution in [0.2, 0.25) is 5.02 Å². The molecule has 0 atom stereocenters. The molecular weight excluding hydrogens is 328 g/mol. The van der Waals surface area contributed by atoms with Gasteiger partial charge in [-0.25, -0.2) is 8.42 Å². The van der Waals surface area contributed by atoms with Crippen LogP contribution in [0.15, 0.2) is 47.4 Å². The topological polar surface area (TPSA) is 80.5 Å². The van der Waals surface area contributed by atoms with Gasteiger partial charge in [0, 0.05) is 24.2 Å². The molecule has 2 aromatic rings. The van der Waals surface area contributed by atoms with Crippen molar-refractivity contribution in [2.24, 2.45) is 0 Å². The van der Waals surface area contributed by atoms with Gasteiger partial charge >= 0.3 is 0 Å². The van der Waals surface area contributed by atoms with E-state index in [9.17, 15) is 18.5 Å². The highest BCUT2D eigenvalue weighted by Crippen LogP contribution is 2.28. The Morgan fingerprint density at radius 1 is 1.14 bits per heavy atom. The van der Waals surface area contributed by atoms with E-state index in [0.29, 0.717) is 16.3 Å². The first-order valence-electron chi connectivity index (χ1n) is 6.23. The van der Waals surface area contributed by atoms with Crippen molar-refractivity contribution in [2.75, 3.05) is 11.4 Å². The molecule has 8 heteroatoms. The van der Waals surface area contributed by atoms with E-state index in [1.165, 1.54) is 49.5 Å². The first-order valence-corrected chi connectivity index (χ1v) is 8.05. The maximum Gasteiger partial charge on any atom is 0.269 e. The molecule has 0 aliphatic carbocycles. The number of hydrogen-bond donors (Lipinski definition) is 0. The molecule has 22 heavy (non-hydrogen) atoms. The van der Waals surface area contributed by atoms with E-state index in [4.69, 9.17) is 11.6 Å². The normalized spacial score (nSPS) is 11.2. The second kappa shape index (κ2) is 5.94. The van der Waals surface area contributed by atoms with Crippen LogP contribution in [-0.4, -0.2) is 20.4 Å². The molecule has 0 heterocycles. The van der Waals surface area contributed by atoms with Crippen molar-refractivity contribution in [3.05, 3.63) is 63.2 Å². The second-order valence-corrected chi connectivity index (χ2v) is 7.06. The highest BCUT2D eigenvalue weighted by atomic mass is 35.5. The summed E-state index contributed by atoms with van der Waals surface area (Å²) in [5.41, 5.74) is 0.785. The van der Waals surface area contributed by atoms with Crippen molar-refractivity contribution < 1.29 is 13.3 Å². The van der Waals surface area contributed by atoms with Crippen LogP contribution in [0, 0.1) is 17.0 Å². The maximum atomic E-state index is 12.6. The molecule has 0 radical (unpaired) electrons. The van der Waals surface area contributed by atoms with Crippen LogP contribution < -0.4 is 4.31 Å². The van der Waals surface area contributed by atoms with Crippen molar-refractivity contribution >= 4 is 33.0 Å². The summed E-state index contributed by atoms with van der Waals surface area (Å²) in [6.07, 6.45) is 0. The third-order valence-corrected chi connectivity index (χ3v) is 5.24. The van der Waals surface area contributed by atoms with E-state index >= 15 is 0 Å². The van der Waals surface area contributed by atoms with E-state index < -0.39 is 14.9 Å². The summed E-state index contributed by atoms with van der Waals surface area (Å²) in [5, 5.41) is 11.2. The van der Waals surface area contributed by atoms with Crippen LogP contribution in [-0.2, 0) is 10.0 Å². The van der Waals surface area contributed by atoms with Gasteiger partial charge in [-0.05, 0) is 42.8 Å². The number of non-ortho nitro benzene ring substituents is 1. The van der Waals surface area contributed by atoms with Gasteiger partial charge in [0.2, 0.25) is 0 Å². The molecule has 0 aliphatic heterocycles. The van der Waals surface area contributed by atoms with Crippen molar-refractivity contribution in [3.63, 3.8) is 0 Å². The lowest BCUT2D eigenvalue weighted by atomic mass is 10.2. The van der Waals surface area contributed by atoms with Crippen LogP contribution in [0.1, 0.15) is 5.56 Å². The number of benzene rings is 2. The molecule has 0 saturated heterocycles. The summed E-state index contributed by atoms with van der Waals surface area (Å²) in [7, 11) is -2.36. The predicted molar refractivity (Wildman–Crippen MR) is 84.9 cm³/mol. The summed E-state index contributed by atoms with van der Waals surface area (Å²) in [6, 6.07) is 9.83. The van der Waals surface area contributed by atoms with Gasteiger partial charge in [0.05, 0.1) is 15.5 Å². The highest BCUT2D eigenvalue weighted by molar-refractivity contribution is 7.92. The Hall–Kier alpha value is -2.12. The van der Waals surface area contributed by atoms with E-state index in [1.807, 2.05) is 0 Å². The standard InChI is InChI=1S/C14H13ClN2O4S/c1-10-9-12(17(18)19)5-8-14(10)16(2)22(20,21)13-6-3-11(15)4-7-13/h3-9H,1-2H3. The Balaban J connectivity index is 2.44. The number of hydrogen-bond acceptors (Lipinski definition) is 4. The van der Waals surface area contributed by atoms with Gasteiger partial charge in [-0.15, -0.1) is 0 Å². The molecule has 6 nitrogen and oxygen atoms in total. The van der Waals surface area contributed by atoms with Gasteiger partial charge in [0.15, 0.2) is 0 Å².